The number of ether oxygens (including phenoxy) is 2. The lowest BCUT2D eigenvalue weighted by molar-refractivity contribution is 0.165. The molecule has 0 fully saturated rings. The van der Waals surface area contributed by atoms with Gasteiger partial charge in [-0.15, -0.1) is 0 Å². The van der Waals surface area contributed by atoms with Gasteiger partial charge in [-0.2, -0.15) is 0 Å². The maximum atomic E-state index is 9.76. The van der Waals surface area contributed by atoms with E-state index in [-0.39, 0.29) is 6.54 Å². The van der Waals surface area contributed by atoms with E-state index in [1.54, 1.807) is 6.07 Å². The molecule has 4 nitrogen and oxygen atoms in total. The summed E-state index contributed by atoms with van der Waals surface area (Å²) in [6.45, 7) is 2.99. The molecule has 1 atom stereocenters. The Morgan fingerprint density at radius 1 is 1.44 bits per heavy atom. The number of halogens is 1. The third-order valence-electron chi connectivity index (χ3n) is 2.64. The van der Waals surface area contributed by atoms with Gasteiger partial charge in [-0.1, -0.05) is 11.6 Å². The van der Waals surface area contributed by atoms with Crippen molar-refractivity contribution in [3.8, 4) is 11.5 Å². The van der Waals surface area contributed by atoms with Crippen LogP contribution in [-0.2, 0) is 0 Å². The molecule has 3 N–H and O–H groups in total. The molecule has 0 saturated carbocycles. The molecule has 1 aliphatic rings. The van der Waals surface area contributed by atoms with E-state index in [2.05, 4.69) is 0 Å². The molecule has 0 spiro atoms. The third-order valence-corrected chi connectivity index (χ3v) is 2.92. The summed E-state index contributed by atoms with van der Waals surface area (Å²) >= 11 is 6.06. The van der Waals surface area contributed by atoms with Gasteiger partial charge in [0.15, 0.2) is 11.5 Å². The molecule has 1 unspecified atom stereocenters. The monoisotopic (exact) mass is 243 g/mol. The molecule has 0 aliphatic carbocycles. The first-order chi connectivity index (χ1) is 7.65. The summed E-state index contributed by atoms with van der Waals surface area (Å²) in [5, 5.41) is 10.2. The predicted molar refractivity (Wildman–Crippen MR) is 61.2 cm³/mol. The number of aliphatic hydroxyl groups is 1. The second-order valence-electron chi connectivity index (χ2n) is 3.68. The van der Waals surface area contributed by atoms with Crippen molar-refractivity contribution in [2.75, 3.05) is 19.8 Å². The van der Waals surface area contributed by atoms with E-state index in [4.69, 9.17) is 26.8 Å². The first-order valence-corrected chi connectivity index (χ1v) is 5.49. The molecule has 0 amide bonds. The Morgan fingerprint density at radius 3 is 2.69 bits per heavy atom. The van der Waals surface area contributed by atoms with Crippen LogP contribution in [0.5, 0.6) is 11.5 Å². The van der Waals surface area contributed by atoms with Crippen LogP contribution in [-0.4, -0.2) is 24.9 Å². The van der Waals surface area contributed by atoms with E-state index < -0.39 is 6.10 Å². The van der Waals surface area contributed by atoms with Crippen molar-refractivity contribution in [2.24, 2.45) is 5.73 Å². The molecule has 5 heteroatoms. The third kappa shape index (κ3) is 1.84. The second kappa shape index (κ2) is 4.49. The van der Waals surface area contributed by atoms with Gasteiger partial charge in [-0.3, -0.25) is 0 Å². The molecule has 0 saturated heterocycles. The minimum atomic E-state index is -0.728. The van der Waals surface area contributed by atoms with Crippen molar-refractivity contribution >= 4 is 11.6 Å². The van der Waals surface area contributed by atoms with Crippen molar-refractivity contribution in [3.05, 3.63) is 22.2 Å². The molecule has 2 rings (SSSR count). The summed E-state index contributed by atoms with van der Waals surface area (Å²) < 4.78 is 10.9. The number of hydrogen-bond acceptors (Lipinski definition) is 4. The van der Waals surface area contributed by atoms with E-state index in [0.29, 0.717) is 35.3 Å². The highest BCUT2D eigenvalue weighted by molar-refractivity contribution is 6.32. The van der Waals surface area contributed by atoms with Crippen molar-refractivity contribution in [1.29, 1.82) is 0 Å². The molecule has 0 bridgehead atoms. The lowest BCUT2D eigenvalue weighted by Gasteiger charge is -2.24. The molecule has 1 heterocycles. The van der Waals surface area contributed by atoms with E-state index in [1.165, 1.54) is 0 Å². The highest BCUT2D eigenvalue weighted by atomic mass is 35.5. The van der Waals surface area contributed by atoms with Crippen molar-refractivity contribution in [3.63, 3.8) is 0 Å². The Bertz CT molecular complexity index is 409. The molecule has 0 radical (unpaired) electrons. The van der Waals surface area contributed by atoms with Gasteiger partial charge in [0.05, 0.1) is 11.1 Å². The lowest BCUT2D eigenvalue weighted by Crippen LogP contribution is -2.19. The van der Waals surface area contributed by atoms with Gasteiger partial charge in [0.25, 0.3) is 0 Å². The van der Waals surface area contributed by atoms with Crippen molar-refractivity contribution < 1.29 is 14.6 Å². The minimum absolute atomic E-state index is 0.150. The number of hydrogen-bond donors (Lipinski definition) is 2. The normalized spacial score (nSPS) is 16.0. The quantitative estimate of drug-likeness (QED) is 0.825. The molecule has 1 aromatic rings. The van der Waals surface area contributed by atoms with Gasteiger partial charge < -0.3 is 20.3 Å². The molecule has 88 valence electrons. The molecular formula is C11H14ClNO3. The smallest absolute Gasteiger partial charge is 0.180 e. The Hall–Kier alpha value is -0.970. The number of fused-ring (bicyclic) bond motifs is 1. The van der Waals surface area contributed by atoms with Gasteiger partial charge in [-0.05, 0) is 18.6 Å². The first-order valence-electron chi connectivity index (χ1n) is 5.12. The van der Waals surface area contributed by atoms with Crippen LogP contribution in [0.15, 0.2) is 6.07 Å². The molecular weight excluding hydrogens is 230 g/mol. The van der Waals surface area contributed by atoms with Crippen LogP contribution >= 0.6 is 11.6 Å². The highest BCUT2D eigenvalue weighted by Gasteiger charge is 2.22. The first kappa shape index (κ1) is 11.5. The lowest BCUT2D eigenvalue weighted by atomic mass is 10.0. The fourth-order valence-electron chi connectivity index (χ4n) is 1.79. The predicted octanol–water partition coefficient (Wildman–Crippen LogP) is 1.41. The van der Waals surface area contributed by atoms with Crippen LogP contribution in [0.25, 0.3) is 0 Å². The Kier molecular flexibility index (Phi) is 3.23. The van der Waals surface area contributed by atoms with E-state index >= 15 is 0 Å². The molecule has 0 aromatic heterocycles. The number of rotatable bonds is 2. The van der Waals surface area contributed by atoms with Crippen LogP contribution in [0.1, 0.15) is 17.2 Å². The van der Waals surface area contributed by atoms with Crippen LogP contribution < -0.4 is 15.2 Å². The van der Waals surface area contributed by atoms with Crippen molar-refractivity contribution in [2.45, 2.75) is 13.0 Å². The van der Waals surface area contributed by atoms with Crippen LogP contribution in [0, 0.1) is 6.92 Å². The zero-order valence-electron chi connectivity index (χ0n) is 9.00. The maximum absolute atomic E-state index is 9.76. The fraction of sp³-hybridized carbons (Fsp3) is 0.455. The number of aliphatic hydroxyl groups excluding tert-OH is 1. The van der Waals surface area contributed by atoms with Crippen LogP contribution in [0.4, 0.5) is 0 Å². The summed E-state index contributed by atoms with van der Waals surface area (Å²) in [5.41, 5.74) is 6.96. The van der Waals surface area contributed by atoms with Crippen molar-refractivity contribution in [1.82, 2.24) is 0 Å². The maximum Gasteiger partial charge on any atom is 0.180 e. The Morgan fingerprint density at radius 2 is 2.06 bits per heavy atom. The van der Waals surface area contributed by atoms with Gasteiger partial charge in [-0.25, -0.2) is 0 Å². The summed E-state index contributed by atoms with van der Waals surface area (Å²) in [4.78, 5) is 0. The summed E-state index contributed by atoms with van der Waals surface area (Å²) in [6, 6.07) is 1.68. The Balaban J connectivity index is 2.53. The molecule has 1 aliphatic heterocycles. The zero-order chi connectivity index (χ0) is 11.7. The largest absolute Gasteiger partial charge is 0.486 e. The standard InChI is InChI=1S/C11H14ClNO3/c1-6-7(9(14)5-13)4-8(12)11-10(6)15-2-3-16-11/h4,9,14H,2-3,5,13H2,1H3. The number of nitrogens with two attached hydrogens (primary N) is 1. The van der Waals surface area contributed by atoms with Gasteiger partial charge in [0.2, 0.25) is 0 Å². The zero-order valence-corrected chi connectivity index (χ0v) is 9.75. The van der Waals surface area contributed by atoms with Crippen LogP contribution in [0.2, 0.25) is 5.02 Å². The topological polar surface area (TPSA) is 64.7 Å². The van der Waals surface area contributed by atoms with Gasteiger partial charge in [0, 0.05) is 12.1 Å². The second-order valence-corrected chi connectivity index (χ2v) is 4.09. The number of benzene rings is 1. The average Bonchev–Trinajstić information content (AvgIpc) is 2.33. The fourth-order valence-corrected chi connectivity index (χ4v) is 2.05. The van der Waals surface area contributed by atoms with E-state index in [1.807, 2.05) is 6.92 Å². The molecule has 1 aromatic carbocycles. The van der Waals surface area contributed by atoms with E-state index in [9.17, 15) is 5.11 Å². The highest BCUT2D eigenvalue weighted by Crippen LogP contribution is 2.42. The summed E-state index contributed by atoms with van der Waals surface area (Å²) in [5.74, 6) is 1.17. The van der Waals surface area contributed by atoms with Gasteiger partial charge in [0.1, 0.15) is 13.2 Å². The van der Waals surface area contributed by atoms with E-state index in [0.717, 1.165) is 5.56 Å². The Labute approximate surface area is 98.9 Å². The average molecular weight is 244 g/mol. The minimum Gasteiger partial charge on any atom is -0.486 e. The summed E-state index contributed by atoms with van der Waals surface area (Å²) in [7, 11) is 0. The molecule has 16 heavy (non-hydrogen) atoms. The SMILES string of the molecule is Cc1c(C(O)CN)cc(Cl)c2c1OCCO2. The summed E-state index contributed by atoms with van der Waals surface area (Å²) in [6.07, 6.45) is -0.728. The van der Waals surface area contributed by atoms with Gasteiger partial charge >= 0.3 is 0 Å². The van der Waals surface area contributed by atoms with Crippen LogP contribution in [0.3, 0.4) is 0 Å².